The minimum absolute atomic E-state index is 0.0636. The van der Waals surface area contributed by atoms with Crippen molar-refractivity contribution in [2.75, 3.05) is 6.26 Å². The van der Waals surface area contributed by atoms with Crippen LogP contribution in [0.15, 0.2) is 72.9 Å². The summed E-state index contributed by atoms with van der Waals surface area (Å²) >= 11 is 0. The first kappa shape index (κ1) is 25.6. The van der Waals surface area contributed by atoms with E-state index >= 15 is 0 Å². The first-order chi connectivity index (χ1) is 19.0. The first-order valence-corrected chi connectivity index (χ1v) is 14.3. The van der Waals surface area contributed by atoms with Crippen molar-refractivity contribution >= 4 is 48.5 Å². The highest BCUT2D eigenvalue weighted by atomic mass is 32.2. The van der Waals surface area contributed by atoms with Crippen molar-refractivity contribution < 1.29 is 22.7 Å². The third-order valence-electron chi connectivity index (χ3n) is 7.23. The maximum absolute atomic E-state index is 13.9. The number of nitrogens with two attached hydrogens (primary N) is 1. The van der Waals surface area contributed by atoms with E-state index in [4.69, 9.17) is 5.73 Å². The number of carbonyl (C=O) groups is 1. The van der Waals surface area contributed by atoms with E-state index in [0.29, 0.717) is 27.5 Å². The van der Waals surface area contributed by atoms with Gasteiger partial charge in [-0.1, -0.05) is 30.3 Å². The zero-order chi connectivity index (χ0) is 28.3. The highest BCUT2D eigenvalue weighted by Crippen LogP contribution is 2.40. The zero-order valence-corrected chi connectivity index (χ0v) is 22.4. The van der Waals surface area contributed by atoms with Crippen molar-refractivity contribution in [1.82, 2.24) is 14.3 Å². The van der Waals surface area contributed by atoms with Crippen molar-refractivity contribution in [3.8, 4) is 22.7 Å². The van der Waals surface area contributed by atoms with Gasteiger partial charge in [-0.3, -0.25) is 9.36 Å². The number of nitrogens with one attached hydrogen (secondary N) is 2. The van der Waals surface area contributed by atoms with E-state index in [2.05, 4.69) is 9.71 Å². The Bertz CT molecular complexity index is 2110. The van der Waals surface area contributed by atoms with Gasteiger partial charge in [0, 0.05) is 39.8 Å². The minimum atomic E-state index is -3.37. The summed E-state index contributed by atoms with van der Waals surface area (Å²) in [5.41, 5.74) is 11.4. The predicted molar refractivity (Wildman–Crippen MR) is 155 cm³/mol. The summed E-state index contributed by atoms with van der Waals surface area (Å²) in [6.45, 7) is 2.06. The number of primary amides is 1. The molecule has 0 saturated carbocycles. The largest absolute Gasteiger partial charge is 0.494 e. The van der Waals surface area contributed by atoms with Crippen LogP contribution in [-0.2, 0) is 16.6 Å². The van der Waals surface area contributed by atoms with E-state index < -0.39 is 21.7 Å². The first-order valence-electron chi connectivity index (χ1n) is 12.4. The predicted octanol–water partition coefficient (Wildman–Crippen LogP) is 5.23. The number of sulfonamides is 1. The maximum Gasteiger partial charge on any atom is 0.250 e. The lowest BCUT2D eigenvalue weighted by Gasteiger charge is -2.15. The Morgan fingerprint density at radius 1 is 1.05 bits per heavy atom. The zero-order valence-electron chi connectivity index (χ0n) is 21.6. The molecule has 0 aliphatic heterocycles. The average molecular weight is 557 g/mol. The van der Waals surface area contributed by atoms with Crippen LogP contribution in [0.4, 0.5) is 4.39 Å². The smallest absolute Gasteiger partial charge is 0.250 e. The molecule has 0 fully saturated rings. The summed E-state index contributed by atoms with van der Waals surface area (Å²) in [5.74, 6) is -1.08. The molecule has 0 aliphatic rings. The lowest BCUT2D eigenvalue weighted by atomic mass is 9.93. The van der Waals surface area contributed by atoms with Gasteiger partial charge in [-0.25, -0.2) is 17.5 Å². The van der Waals surface area contributed by atoms with Gasteiger partial charge in [-0.15, -0.1) is 0 Å². The van der Waals surface area contributed by atoms with E-state index in [1.807, 2.05) is 49.4 Å². The molecular weight excluding hydrogens is 531 g/mol. The number of nitrogens with zero attached hydrogens (tertiary/aromatic N) is 1. The van der Waals surface area contributed by atoms with Gasteiger partial charge in [0.2, 0.25) is 15.9 Å². The van der Waals surface area contributed by atoms with Crippen molar-refractivity contribution in [1.29, 1.82) is 0 Å². The summed E-state index contributed by atoms with van der Waals surface area (Å²) in [4.78, 5) is 15.7. The quantitative estimate of drug-likeness (QED) is 0.224. The highest BCUT2D eigenvalue weighted by molar-refractivity contribution is 7.88. The molecule has 5 N–H and O–H groups in total. The summed E-state index contributed by atoms with van der Waals surface area (Å²) in [5, 5.41) is 13.7. The Labute approximate surface area is 228 Å². The topological polar surface area (TPSA) is 130 Å². The molecule has 2 aromatic heterocycles. The van der Waals surface area contributed by atoms with Gasteiger partial charge in [0.1, 0.15) is 5.82 Å². The Kier molecular flexibility index (Phi) is 5.90. The molecule has 8 nitrogen and oxygen atoms in total. The number of fused-ring (bicyclic) bond motifs is 4. The standard InChI is InChI=1S/C30H25FN4O4S/c1-16-20(4-3-5-26(16)35-15-18-7-8-19(31)13-24(18)30(35)37)21-10-11-23(29(32)36)28-27(21)22-9-6-17(12-25(22)34-28)14-33-40(2,38)39/h3-13,15,33-34,37H,14H2,1-2H3,(H2,32,36). The van der Waals surface area contributed by atoms with Gasteiger partial charge in [0.25, 0.3) is 5.91 Å². The molecule has 1 amide bonds. The van der Waals surface area contributed by atoms with E-state index in [9.17, 15) is 22.7 Å². The summed E-state index contributed by atoms with van der Waals surface area (Å²) in [7, 11) is -3.37. The Morgan fingerprint density at radius 3 is 2.60 bits per heavy atom. The minimum Gasteiger partial charge on any atom is -0.494 e. The van der Waals surface area contributed by atoms with Crippen LogP contribution in [0.3, 0.4) is 0 Å². The van der Waals surface area contributed by atoms with Gasteiger partial charge < -0.3 is 15.8 Å². The molecule has 0 aliphatic carbocycles. The van der Waals surface area contributed by atoms with Crippen LogP contribution in [0.5, 0.6) is 5.88 Å². The molecule has 0 unspecified atom stereocenters. The molecule has 2 heterocycles. The third-order valence-corrected chi connectivity index (χ3v) is 7.90. The molecule has 4 aromatic carbocycles. The van der Waals surface area contributed by atoms with Gasteiger partial charge >= 0.3 is 0 Å². The molecule has 6 rings (SSSR count). The van der Waals surface area contributed by atoms with Crippen LogP contribution in [-0.4, -0.2) is 35.2 Å². The number of benzene rings is 4. The average Bonchev–Trinajstić information content (AvgIpc) is 3.44. The van der Waals surface area contributed by atoms with Gasteiger partial charge in [0.05, 0.1) is 23.0 Å². The number of aromatic amines is 1. The number of rotatable bonds is 6. The molecule has 6 aromatic rings. The van der Waals surface area contributed by atoms with Crippen molar-refractivity contribution in [3.05, 3.63) is 95.4 Å². The summed E-state index contributed by atoms with van der Waals surface area (Å²) in [6, 6.07) is 19.1. The van der Waals surface area contributed by atoms with E-state index in [1.54, 1.807) is 22.9 Å². The number of aromatic nitrogens is 2. The van der Waals surface area contributed by atoms with Crippen LogP contribution < -0.4 is 10.5 Å². The lowest BCUT2D eigenvalue weighted by molar-refractivity contribution is 0.100. The molecule has 40 heavy (non-hydrogen) atoms. The number of H-pyrrole nitrogens is 1. The van der Waals surface area contributed by atoms with Crippen LogP contribution in [0.2, 0.25) is 0 Å². The number of hydrogen-bond acceptors (Lipinski definition) is 4. The normalized spacial score (nSPS) is 12.1. The molecule has 0 spiro atoms. The molecule has 0 bridgehead atoms. The summed E-state index contributed by atoms with van der Waals surface area (Å²) < 4.78 is 41.1. The van der Waals surface area contributed by atoms with Crippen molar-refractivity contribution in [2.24, 2.45) is 5.73 Å². The monoisotopic (exact) mass is 556 g/mol. The molecule has 0 radical (unpaired) electrons. The van der Waals surface area contributed by atoms with Gasteiger partial charge in [-0.2, -0.15) is 0 Å². The second-order valence-electron chi connectivity index (χ2n) is 9.88. The molecule has 0 atom stereocenters. The van der Waals surface area contributed by atoms with Crippen LogP contribution in [0, 0.1) is 12.7 Å². The fourth-order valence-electron chi connectivity index (χ4n) is 5.34. The Balaban J connectivity index is 1.56. The highest BCUT2D eigenvalue weighted by Gasteiger charge is 2.20. The van der Waals surface area contributed by atoms with Crippen LogP contribution in [0.1, 0.15) is 21.5 Å². The van der Waals surface area contributed by atoms with E-state index in [-0.39, 0.29) is 12.4 Å². The maximum atomic E-state index is 13.9. The van der Waals surface area contributed by atoms with Crippen molar-refractivity contribution in [3.63, 3.8) is 0 Å². The van der Waals surface area contributed by atoms with E-state index in [1.165, 1.54) is 12.1 Å². The second kappa shape index (κ2) is 9.22. The number of hydrogen-bond donors (Lipinski definition) is 4. The Morgan fingerprint density at radius 2 is 1.85 bits per heavy atom. The molecular formula is C30H25FN4O4S. The van der Waals surface area contributed by atoms with Crippen LogP contribution >= 0.6 is 0 Å². The Hall–Kier alpha value is -4.67. The number of aromatic hydroxyl groups is 1. The van der Waals surface area contributed by atoms with Crippen molar-refractivity contribution in [2.45, 2.75) is 13.5 Å². The fourth-order valence-corrected chi connectivity index (χ4v) is 5.77. The lowest BCUT2D eigenvalue weighted by Crippen LogP contribution is -2.21. The van der Waals surface area contributed by atoms with E-state index in [0.717, 1.165) is 44.8 Å². The van der Waals surface area contributed by atoms with Gasteiger partial charge in [-0.05, 0) is 65.6 Å². The van der Waals surface area contributed by atoms with Crippen LogP contribution in [0.25, 0.3) is 49.4 Å². The fraction of sp³-hybridized carbons (Fsp3) is 0.100. The van der Waals surface area contributed by atoms with Gasteiger partial charge in [0.15, 0.2) is 0 Å². The number of halogens is 1. The molecule has 202 valence electrons. The SMILES string of the molecule is Cc1c(-c2ccc(C(N)=O)c3[nH]c4cc(CNS(C)(=O)=O)ccc4c23)cccc1-n1cc2ccc(F)cc2c1O. The third kappa shape index (κ3) is 4.27. The number of carbonyl (C=O) groups excluding carboxylic acids is 1. The number of amides is 1. The second-order valence-corrected chi connectivity index (χ2v) is 11.7. The molecule has 10 heteroatoms. The molecule has 0 saturated heterocycles. The summed E-state index contributed by atoms with van der Waals surface area (Å²) in [6.07, 6.45) is 2.87.